The highest BCUT2D eigenvalue weighted by Gasteiger charge is 2.07. The molecule has 0 amide bonds. The SMILES string of the molecule is COc1cc(C(C)NCCN)ccc1O. The summed E-state index contributed by atoms with van der Waals surface area (Å²) in [5.74, 6) is 0.654. The van der Waals surface area contributed by atoms with Crippen LogP contribution in [0.5, 0.6) is 11.5 Å². The molecule has 4 nitrogen and oxygen atoms in total. The van der Waals surface area contributed by atoms with Crippen molar-refractivity contribution in [3.8, 4) is 11.5 Å². The molecule has 0 bridgehead atoms. The van der Waals surface area contributed by atoms with E-state index in [-0.39, 0.29) is 11.8 Å². The molecule has 4 N–H and O–H groups in total. The maximum Gasteiger partial charge on any atom is 0.160 e. The van der Waals surface area contributed by atoms with Gasteiger partial charge >= 0.3 is 0 Å². The first-order valence-electron chi connectivity index (χ1n) is 4.99. The van der Waals surface area contributed by atoms with Crippen LogP contribution in [0.15, 0.2) is 18.2 Å². The fourth-order valence-electron chi connectivity index (χ4n) is 1.38. The molecule has 0 aliphatic rings. The Labute approximate surface area is 90.1 Å². The summed E-state index contributed by atoms with van der Waals surface area (Å²) in [6, 6.07) is 5.52. The van der Waals surface area contributed by atoms with Gasteiger partial charge in [-0.3, -0.25) is 0 Å². The highest BCUT2D eigenvalue weighted by Crippen LogP contribution is 2.28. The maximum absolute atomic E-state index is 9.43. The second-order valence-corrected chi connectivity index (χ2v) is 3.40. The summed E-state index contributed by atoms with van der Waals surface area (Å²) in [6.07, 6.45) is 0. The third-order valence-electron chi connectivity index (χ3n) is 2.30. The number of nitrogens with one attached hydrogen (secondary N) is 1. The van der Waals surface area contributed by atoms with Gasteiger partial charge in [-0.25, -0.2) is 0 Å². The minimum absolute atomic E-state index is 0.160. The van der Waals surface area contributed by atoms with Crippen molar-refractivity contribution < 1.29 is 9.84 Å². The molecule has 0 aliphatic carbocycles. The van der Waals surface area contributed by atoms with Gasteiger partial charge in [0.2, 0.25) is 0 Å². The quantitative estimate of drug-likeness (QED) is 0.678. The second-order valence-electron chi connectivity index (χ2n) is 3.40. The zero-order valence-corrected chi connectivity index (χ0v) is 9.16. The van der Waals surface area contributed by atoms with Gasteiger partial charge in [-0.2, -0.15) is 0 Å². The number of phenolic OH excluding ortho intramolecular Hbond substituents is 1. The number of methoxy groups -OCH3 is 1. The van der Waals surface area contributed by atoms with E-state index in [4.69, 9.17) is 10.5 Å². The van der Waals surface area contributed by atoms with Crippen molar-refractivity contribution in [2.75, 3.05) is 20.2 Å². The van der Waals surface area contributed by atoms with E-state index in [1.807, 2.05) is 19.1 Å². The second kappa shape index (κ2) is 5.58. The standard InChI is InChI=1S/C11H18N2O2/c1-8(13-6-5-12)9-3-4-10(14)11(7-9)15-2/h3-4,7-8,13-14H,5-6,12H2,1-2H3. The number of rotatable bonds is 5. The van der Waals surface area contributed by atoms with Crippen LogP contribution in [0.2, 0.25) is 0 Å². The van der Waals surface area contributed by atoms with Crippen LogP contribution in [0.25, 0.3) is 0 Å². The molecule has 0 saturated heterocycles. The molecule has 1 unspecified atom stereocenters. The summed E-state index contributed by atoms with van der Waals surface area (Å²) in [5, 5.41) is 12.7. The molecule has 1 aromatic rings. The molecule has 0 aliphatic heterocycles. The van der Waals surface area contributed by atoms with Crippen LogP contribution in [-0.4, -0.2) is 25.3 Å². The van der Waals surface area contributed by atoms with Crippen molar-refractivity contribution in [1.29, 1.82) is 0 Å². The van der Waals surface area contributed by atoms with Crippen molar-refractivity contribution in [2.45, 2.75) is 13.0 Å². The van der Waals surface area contributed by atoms with Gasteiger partial charge in [0.25, 0.3) is 0 Å². The van der Waals surface area contributed by atoms with E-state index in [0.29, 0.717) is 12.3 Å². The number of aromatic hydroxyl groups is 1. The van der Waals surface area contributed by atoms with Gasteiger partial charge in [-0.15, -0.1) is 0 Å². The summed E-state index contributed by atoms with van der Waals surface area (Å²) in [7, 11) is 1.54. The van der Waals surface area contributed by atoms with E-state index in [9.17, 15) is 5.11 Å². The molecule has 15 heavy (non-hydrogen) atoms. The van der Waals surface area contributed by atoms with Crippen LogP contribution >= 0.6 is 0 Å². The van der Waals surface area contributed by atoms with Crippen LogP contribution < -0.4 is 15.8 Å². The third-order valence-corrected chi connectivity index (χ3v) is 2.30. The highest BCUT2D eigenvalue weighted by molar-refractivity contribution is 5.42. The molecule has 0 spiro atoms. The lowest BCUT2D eigenvalue weighted by atomic mass is 10.1. The summed E-state index contributed by atoms with van der Waals surface area (Å²) < 4.78 is 5.04. The van der Waals surface area contributed by atoms with Gasteiger partial charge in [-0.1, -0.05) is 6.07 Å². The lowest BCUT2D eigenvalue weighted by molar-refractivity contribution is 0.372. The molecule has 4 heteroatoms. The predicted molar refractivity (Wildman–Crippen MR) is 60.1 cm³/mol. The molecule has 0 fully saturated rings. The minimum Gasteiger partial charge on any atom is -0.504 e. The molecule has 0 radical (unpaired) electrons. The Hall–Kier alpha value is -1.26. The zero-order chi connectivity index (χ0) is 11.3. The third kappa shape index (κ3) is 3.11. The monoisotopic (exact) mass is 210 g/mol. The average molecular weight is 210 g/mol. The Morgan fingerprint density at radius 2 is 2.27 bits per heavy atom. The number of benzene rings is 1. The maximum atomic E-state index is 9.43. The smallest absolute Gasteiger partial charge is 0.160 e. The van der Waals surface area contributed by atoms with Gasteiger partial charge < -0.3 is 20.9 Å². The number of phenols is 1. The van der Waals surface area contributed by atoms with Crippen LogP contribution in [0.3, 0.4) is 0 Å². The number of nitrogens with two attached hydrogens (primary N) is 1. The molecule has 0 aromatic heterocycles. The van der Waals surface area contributed by atoms with E-state index in [0.717, 1.165) is 12.1 Å². The number of hydrogen-bond acceptors (Lipinski definition) is 4. The van der Waals surface area contributed by atoms with E-state index in [2.05, 4.69) is 5.32 Å². The van der Waals surface area contributed by atoms with Crippen LogP contribution in [0.4, 0.5) is 0 Å². The molecule has 0 saturated carbocycles. The van der Waals surface area contributed by atoms with Gasteiger partial charge in [0, 0.05) is 19.1 Å². The number of hydrogen-bond donors (Lipinski definition) is 3. The van der Waals surface area contributed by atoms with Crippen molar-refractivity contribution in [3.63, 3.8) is 0 Å². The largest absolute Gasteiger partial charge is 0.504 e. The molecule has 1 atom stereocenters. The molecule has 1 aromatic carbocycles. The van der Waals surface area contributed by atoms with Gasteiger partial charge in [0.05, 0.1) is 7.11 Å². The lowest BCUT2D eigenvalue weighted by Crippen LogP contribution is -2.25. The Kier molecular flexibility index (Phi) is 4.39. The Bertz CT molecular complexity index is 315. The first kappa shape index (κ1) is 11.8. The fraction of sp³-hybridized carbons (Fsp3) is 0.455. The first-order chi connectivity index (χ1) is 7.19. The van der Waals surface area contributed by atoms with E-state index < -0.39 is 0 Å². The van der Waals surface area contributed by atoms with Gasteiger partial charge in [0.15, 0.2) is 11.5 Å². The van der Waals surface area contributed by atoms with E-state index in [1.54, 1.807) is 6.07 Å². The molecular weight excluding hydrogens is 192 g/mol. The number of ether oxygens (including phenoxy) is 1. The summed E-state index contributed by atoms with van der Waals surface area (Å²) in [4.78, 5) is 0. The summed E-state index contributed by atoms with van der Waals surface area (Å²) in [5.41, 5.74) is 6.48. The molecule has 1 rings (SSSR count). The summed E-state index contributed by atoms with van der Waals surface area (Å²) in [6.45, 7) is 3.42. The van der Waals surface area contributed by atoms with E-state index >= 15 is 0 Å². The van der Waals surface area contributed by atoms with Crippen molar-refractivity contribution in [1.82, 2.24) is 5.32 Å². The first-order valence-corrected chi connectivity index (χ1v) is 4.99. The molecular formula is C11H18N2O2. The molecule has 84 valence electrons. The van der Waals surface area contributed by atoms with Crippen LogP contribution in [0, 0.1) is 0 Å². The predicted octanol–water partition coefficient (Wildman–Crippen LogP) is 1.01. The Morgan fingerprint density at radius 3 is 2.87 bits per heavy atom. The topological polar surface area (TPSA) is 67.5 Å². The van der Waals surface area contributed by atoms with Crippen LogP contribution in [0.1, 0.15) is 18.5 Å². The normalized spacial score (nSPS) is 12.5. The lowest BCUT2D eigenvalue weighted by Gasteiger charge is -2.14. The zero-order valence-electron chi connectivity index (χ0n) is 9.16. The fourth-order valence-corrected chi connectivity index (χ4v) is 1.38. The average Bonchev–Trinajstić information content (AvgIpc) is 2.26. The molecule has 0 heterocycles. The van der Waals surface area contributed by atoms with Gasteiger partial charge in [-0.05, 0) is 24.6 Å². The highest BCUT2D eigenvalue weighted by atomic mass is 16.5. The van der Waals surface area contributed by atoms with Crippen LogP contribution in [-0.2, 0) is 0 Å². The Morgan fingerprint density at radius 1 is 1.53 bits per heavy atom. The Balaban J connectivity index is 2.76. The minimum atomic E-state index is 0.160. The van der Waals surface area contributed by atoms with Crippen molar-refractivity contribution in [2.24, 2.45) is 5.73 Å². The van der Waals surface area contributed by atoms with E-state index in [1.165, 1.54) is 7.11 Å². The van der Waals surface area contributed by atoms with Crippen molar-refractivity contribution in [3.05, 3.63) is 23.8 Å². The summed E-state index contributed by atoms with van der Waals surface area (Å²) >= 11 is 0. The van der Waals surface area contributed by atoms with Gasteiger partial charge in [0.1, 0.15) is 0 Å². The van der Waals surface area contributed by atoms with Crippen molar-refractivity contribution >= 4 is 0 Å².